The maximum atomic E-state index is 3.52. The molecule has 0 amide bonds. The Hall–Kier alpha value is -12.8. The van der Waals surface area contributed by atoms with Gasteiger partial charge in [-0.1, -0.05) is 285 Å². The standard InChI is InChI=1S/2C36H25N2P.C24H16N2/c2*1-3-13-27(14-4-1)39(28-15-5-2-6-16-28)38-35-22-12-9-19-31(35)32-25-26(23-24-36(32)38)37-33-20-10-7-17-29(33)30-18-8-11-21-34(30)37;1-4-10-21-17(7-1)20-15-16(13-14-22(20)25-21)26-23-11-5-2-8-18(23)19-9-3-6-12-24(19)26/h2*1-25H;1-15,25H. The second-order valence-electron chi connectivity index (χ2n) is 26.5. The molecular formula is C96H66N6P2. The van der Waals surface area contributed by atoms with Crippen LogP contribution in [-0.4, -0.2) is 27.4 Å². The van der Waals surface area contributed by atoms with Crippen LogP contribution in [0.25, 0.3) is 148 Å². The number of rotatable bonds is 9. The molecule has 22 aromatic rings. The summed E-state index contributed by atoms with van der Waals surface area (Å²) in [5, 5.41) is 20.8. The molecular weight excluding hydrogens is 1300 g/mol. The second kappa shape index (κ2) is 25.7. The molecule has 490 valence electrons. The van der Waals surface area contributed by atoms with Gasteiger partial charge in [-0.3, -0.25) is 0 Å². The lowest BCUT2D eigenvalue weighted by Gasteiger charge is -2.22. The van der Waals surface area contributed by atoms with Gasteiger partial charge in [-0.25, -0.2) is 0 Å². The van der Waals surface area contributed by atoms with Crippen molar-refractivity contribution in [3.8, 4) is 17.1 Å². The minimum Gasteiger partial charge on any atom is -0.355 e. The summed E-state index contributed by atoms with van der Waals surface area (Å²) in [4.78, 5) is 3.52. The molecule has 16 aromatic carbocycles. The number of nitrogens with one attached hydrogen (secondary N) is 1. The average Bonchev–Trinajstić information content (AvgIpc) is 1.58. The molecule has 6 nitrogen and oxygen atoms in total. The van der Waals surface area contributed by atoms with E-state index < -0.39 is 16.1 Å². The molecule has 0 aliphatic carbocycles. The first-order chi connectivity index (χ1) is 51.7. The fraction of sp³-hybridized carbons (Fsp3) is 0. The number of aromatic nitrogens is 6. The minimum absolute atomic E-state index is 0.810. The van der Waals surface area contributed by atoms with E-state index in [1.807, 2.05) is 0 Å². The van der Waals surface area contributed by atoms with Crippen LogP contribution in [-0.2, 0) is 0 Å². The summed E-state index contributed by atoms with van der Waals surface area (Å²) >= 11 is 0. The van der Waals surface area contributed by atoms with Crippen molar-refractivity contribution in [2.75, 3.05) is 0 Å². The molecule has 0 saturated carbocycles. The predicted octanol–water partition coefficient (Wildman–Crippen LogP) is 24.0. The zero-order valence-corrected chi connectivity index (χ0v) is 58.4. The molecule has 8 heteroatoms. The molecule has 6 heterocycles. The topological polar surface area (TPSA) is 40.4 Å². The van der Waals surface area contributed by atoms with Crippen LogP contribution in [0.5, 0.6) is 0 Å². The van der Waals surface area contributed by atoms with Crippen molar-refractivity contribution in [3.05, 3.63) is 394 Å². The summed E-state index contributed by atoms with van der Waals surface area (Å²) in [6.45, 7) is 0. The number of hydrogen-bond donors (Lipinski definition) is 1. The van der Waals surface area contributed by atoms with Gasteiger partial charge < -0.3 is 27.4 Å². The Bertz CT molecular complexity index is 6450. The van der Waals surface area contributed by atoms with Crippen LogP contribution in [0, 0.1) is 0 Å². The zero-order valence-electron chi connectivity index (χ0n) is 56.7. The number of para-hydroxylation sites is 9. The molecule has 0 saturated heterocycles. The van der Waals surface area contributed by atoms with E-state index >= 15 is 0 Å². The number of hydrogen-bond acceptors (Lipinski definition) is 0. The van der Waals surface area contributed by atoms with E-state index in [9.17, 15) is 0 Å². The van der Waals surface area contributed by atoms with Gasteiger partial charge >= 0.3 is 0 Å². The number of fused-ring (bicyclic) bond motifs is 18. The Morgan fingerprint density at radius 2 is 0.385 bits per heavy atom. The summed E-state index contributed by atoms with van der Waals surface area (Å²) in [6.07, 6.45) is 0. The lowest BCUT2D eigenvalue weighted by molar-refractivity contribution is 1.18. The van der Waals surface area contributed by atoms with Gasteiger partial charge in [-0.05, 0) is 109 Å². The Balaban J connectivity index is 0.000000106. The van der Waals surface area contributed by atoms with Crippen LogP contribution in [0.3, 0.4) is 0 Å². The van der Waals surface area contributed by atoms with Crippen LogP contribution >= 0.6 is 16.1 Å². The molecule has 22 rings (SSSR count). The monoisotopic (exact) mass is 1360 g/mol. The third-order valence-corrected chi connectivity index (χ3v) is 25.5. The van der Waals surface area contributed by atoms with Gasteiger partial charge in [-0.2, -0.15) is 0 Å². The number of nitrogens with zero attached hydrogens (tertiary/aromatic N) is 5. The Kier molecular flexibility index (Phi) is 15.1. The summed E-state index contributed by atoms with van der Waals surface area (Å²) in [5.74, 6) is 0. The summed E-state index contributed by atoms with van der Waals surface area (Å²) in [6, 6.07) is 143. The van der Waals surface area contributed by atoms with Crippen LogP contribution in [0.2, 0.25) is 0 Å². The summed E-state index contributed by atoms with van der Waals surface area (Å²) in [5.41, 5.74) is 18.4. The van der Waals surface area contributed by atoms with E-state index in [0.717, 1.165) is 0 Å². The first kappa shape index (κ1) is 61.1. The molecule has 0 bridgehead atoms. The van der Waals surface area contributed by atoms with E-state index in [2.05, 4.69) is 422 Å². The normalized spacial score (nSPS) is 11.8. The highest BCUT2D eigenvalue weighted by atomic mass is 31.1. The van der Waals surface area contributed by atoms with Gasteiger partial charge in [0.25, 0.3) is 0 Å². The molecule has 104 heavy (non-hydrogen) atoms. The van der Waals surface area contributed by atoms with E-state index in [1.165, 1.54) is 169 Å². The number of aromatic amines is 1. The SMILES string of the molecule is c1ccc(P(c2ccccc2)n2c3ccccc3c3cc(-n4c5ccccc5c5ccccc54)ccc32)cc1.c1ccc(P(c2ccccc2)n2c3ccccc3c3cc(-n4c5ccccc5c5ccccc54)ccc32)cc1.c1ccc2c(c1)[nH]c1ccc(-n3c4ccccc4c4ccccc43)cc12. The van der Waals surface area contributed by atoms with Crippen molar-refractivity contribution < 1.29 is 0 Å². The quantitative estimate of drug-likeness (QED) is 0.140. The van der Waals surface area contributed by atoms with Crippen LogP contribution in [0.1, 0.15) is 0 Å². The molecule has 0 fully saturated rings. The largest absolute Gasteiger partial charge is 0.355 e. The van der Waals surface area contributed by atoms with Gasteiger partial charge in [-0.15, -0.1) is 0 Å². The molecule has 1 N–H and O–H groups in total. The van der Waals surface area contributed by atoms with Crippen LogP contribution < -0.4 is 21.2 Å². The summed E-state index contributed by atoms with van der Waals surface area (Å²) < 4.78 is 12.4. The molecule has 0 radical (unpaired) electrons. The Labute approximate surface area is 603 Å². The van der Waals surface area contributed by atoms with Crippen molar-refractivity contribution >= 4 is 168 Å². The maximum absolute atomic E-state index is 3.52. The highest BCUT2D eigenvalue weighted by molar-refractivity contribution is 7.72. The number of benzene rings is 16. The Morgan fingerprint density at radius 3 is 0.702 bits per heavy atom. The van der Waals surface area contributed by atoms with E-state index in [1.54, 1.807) is 0 Å². The van der Waals surface area contributed by atoms with Crippen molar-refractivity contribution in [3.63, 3.8) is 0 Å². The van der Waals surface area contributed by atoms with Crippen molar-refractivity contribution in [2.45, 2.75) is 0 Å². The van der Waals surface area contributed by atoms with Gasteiger partial charge in [0.2, 0.25) is 0 Å². The third-order valence-electron chi connectivity index (χ3n) is 20.7. The average molecular weight is 1370 g/mol. The number of H-pyrrole nitrogens is 1. The molecule has 0 spiro atoms. The summed E-state index contributed by atoms with van der Waals surface area (Å²) in [7, 11) is -1.62. The first-order valence-corrected chi connectivity index (χ1v) is 38.1. The fourth-order valence-electron chi connectivity index (χ4n) is 16.2. The molecule has 0 aliphatic heterocycles. The van der Waals surface area contributed by atoms with Crippen molar-refractivity contribution in [2.24, 2.45) is 0 Å². The lowest BCUT2D eigenvalue weighted by Crippen LogP contribution is -2.16. The highest BCUT2D eigenvalue weighted by Crippen LogP contribution is 2.48. The van der Waals surface area contributed by atoms with E-state index in [4.69, 9.17) is 0 Å². The lowest BCUT2D eigenvalue weighted by atomic mass is 10.1. The fourth-order valence-corrected chi connectivity index (χ4v) is 21.1. The molecule has 0 aliphatic rings. The van der Waals surface area contributed by atoms with Gasteiger partial charge in [0.05, 0.1) is 71.3 Å². The molecule has 6 aromatic heterocycles. The van der Waals surface area contributed by atoms with Crippen molar-refractivity contribution in [1.82, 2.24) is 27.4 Å². The van der Waals surface area contributed by atoms with Crippen LogP contribution in [0.15, 0.2) is 394 Å². The Morgan fingerprint density at radius 1 is 0.163 bits per heavy atom. The minimum atomic E-state index is -0.810. The van der Waals surface area contributed by atoms with Gasteiger partial charge in [0.1, 0.15) is 0 Å². The smallest absolute Gasteiger partial charge is 0.0598 e. The highest BCUT2D eigenvalue weighted by Gasteiger charge is 2.26. The van der Waals surface area contributed by atoms with E-state index in [0.29, 0.717) is 0 Å². The predicted molar refractivity (Wildman–Crippen MR) is 447 cm³/mol. The first-order valence-electron chi connectivity index (χ1n) is 35.5. The second-order valence-corrected chi connectivity index (χ2v) is 30.6. The third kappa shape index (κ3) is 10.2. The van der Waals surface area contributed by atoms with Crippen LogP contribution in [0.4, 0.5) is 0 Å². The van der Waals surface area contributed by atoms with Gasteiger partial charge in [0, 0.05) is 114 Å². The van der Waals surface area contributed by atoms with E-state index in [-0.39, 0.29) is 0 Å². The maximum Gasteiger partial charge on any atom is 0.0598 e. The molecule has 0 unspecified atom stereocenters. The van der Waals surface area contributed by atoms with Crippen molar-refractivity contribution in [1.29, 1.82) is 0 Å². The molecule has 0 atom stereocenters. The van der Waals surface area contributed by atoms with Gasteiger partial charge in [0.15, 0.2) is 0 Å². The zero-order chi connectivity index (χ0) is 68.6.